The summed E-state index contributed by atoms with van der Waals surface area (Å²) in [6, 6.07) is 10.5. The number of nitrogens with one attached hydrogen (secondary N) is 1. The van der Waals surface area contributed by atoms with E-state index in [-0.39, 0.29) is 11.9 Å². The summed E-state index contributed by atoms with van der Waals surface area (Å²) in [7, 11) is -3.62. The molecule has 142 valence electrons. The maximum Gasteiger partial charge on any atom is 0.274 e. The second-order valence-electron chi connectivity index (χ2n) is 5.95. The van der Waals surface area contributed by atoms with Gasteiger partial charge in [-0.1, -0.05) is 0 Å². The van der Waals surface area contributed by atoms with E-state index in [9.17, 15) is 13.2 Å². The fourth-order valence-electron chi connectivity index (χ4n) is 2.48. The number of fused-ring (bicyclic) bond motifs is 1. The molecule has 0 spiro atoms. The third kappa shape index (κ3) is 3.60. The molecule has 0 saturated heterocycles. The largest absolute Gasteiger partial charge is 0.457 e. The zero-order valence-corrected chi connectivity index (χ0v) is 15.4. The van der Waals surface area contributed by atoms with Gasteiger partial charge in [-0.25, -0.2) is 13.4 Å². The highest BCUT2D eigenvalue weighted by molar-refractivity contribution is 7.92. The minimum absolute atomic E-state index is 0.0186. The number of carbonyl (C=O) groups is 1. The smallest absolute Gasteiger partial charge is 0.274 e. The number of nitrogens with zero attached hydrogens (tertiary/aromatic N) is 5. The number of anilines is 2. The van der Waals surface area contributed by atoms with Gasteiger partial charge >= 0.3 is 0 Å². The third-order valence-corrected chi connectivity index (χ3v) is 5.07. The molecule has 0 radical (unpaired) electrons. The molecule has 0 amide bonds. The van der Waals surface area contributed by atoms with Gasteiger partial charge in [0, 0.05) is 30.6 Å². The monoisotopic (exact) mass is 398 g/mol. The van der Waals surface area contributed by atoms with Gasteiger partial charge in [-0.05, 0) is 36.4 Å². The van der Waals surface area contributed by atoms with Crippen molar-refractivity contribution in [3.63, 3.8) is 0 Å². The molecule has 4 rings (SSSR count). The lowest BCUT2D eigenvalue weighted by molar-refractivity contribution is 0.0911. The Hall–Kier alpha value is -3.60. The standard InChI is InChI=1S/C17H14N6O4S/c1-28(25,26)14-10-19-17-21-16(22-23(17)15(14)24)20-11-2-4-12(5-3-11)27-13-6-8-18-9-7-13/h2-10,14H,1H3,(H,20,22). The van der Waals surface area contributed by atoms with Crippen molar-refractivity contribution in [3.8, 4) is 11.5 Å². The number of hydrogen-bond acceptors (Lipinski definition) is 9. The Bertz CT molecular complexity index is 1160. The van der Waals surface area contributed by atoms with E-state index in [2.05, 4.69) is 25.4 Å². The Labute approximate surface area is 159 Å². The molecule has 0 fully saturated rings. The molecular formula is C17H14N6O4S. The number of sulfone groups is 1. The van der Waals surface area contributed by atoms with E-state index in [0.717, 1.165) is 17.2 Å². The summed E-state index contributed by atoms with van der Waals surface area (Å²) in [4.78, 5) is 24.2. The molecule has 3 heterocycles. The second-order valence-corrected chi connectivity index (χ2v) is 8.12. The van der Waals surface area contributed by atoms with Crippen molar-refractivity contribution in [2.24, 2.45) is 4.99 Å². The van der Waals surface area contributed by atoms with E-state index in [1.54, 1.807) is 48.8 Å². The number of rotatable bonds is 5. The van der Waals surface area contributed by atoms with Crippen LogP contribution in [0.2, 0.25) is 0 Å². The van der Waals surface area contributed by atoms with Crippen LogP contribution in [0.3, 0.4) is 0 Å². The average molecular weight is 398 g/mol. The quantitative estimate of drug-likeness (QED) is 0.691. The van der Waals surface area contributed by atoms with Crippen molar-refractivity contribution in [2.45, 2.75) is 5.25 Å². The zero-order valence-electron chi connectivity index (χ0n) is 14.6. The van der Waals surface area contributed by atoms with Crippen LogP contribution in [-0.4, -0.2) is 51.8 Å². The summed E-state index contributed by atoms with van der Waals surface area (Å²) in [6.45, 7) is 0. The normalized spacial score (nSPS) is 15.9. The molecule has 11 heteroatoms. The van der Waals surface area contributed by atoms with E-state index in [0.29, 0.717) is 17.2 Å². The van der Waals surface area contributed by atoms with Gasteiger partial charge in [-0.2, -0.15) is 9.67 Å². The van der Waals surface area contributed by atoms with Crippen LogP contribution in [0.15, 0.2) is 53.8 Å². The van der Waals surface area contributed by atoms with Crippen LogP contribution in [0.1, 0.15) is 4.79 Å². The minimum Gasteiger partial charge on any atom is -0.457 e. The van der Waals surface area contributed by atoms with Crippen LogP contribution >= 0.6 is 0 Å². The van der Waals surface area contributed by atoms with E-state index in [1.165, 1.54) is 0 Å². The van der Waals surface area contributed by atoms with Gasteiger partial charge in [0.2, 0.25) is 5.95 Å². The van der Waals surface area contributed by atoms with Crippen molar-refractivity contribution in [1.29, 1.82) is 0 Å². The molecule has 1 aliphatic heterocycles. The maximum atomic E-state index is 12.3. The fourth-order valence-corrected chi connectivity index (χ4v) is 3.23. The second kappa shape index (κ2) is 6.85. The molecule has 0 bridgehead atoms. The molecule has 1 unspecified atom stereocenters. The zero-order chi connectivity index (χ0) is 19.7. The van der Waals surface area contributed by atoms with Crippen molar-refractivity contribution in [3.05, 3.63) is 48.8 Å². The first kappa shape index (κ1) is 17.8. The Kier molecular flexibility index (Phi) is 4.35. The highest BCUT2D eigenvalue weighted by Gasteiger charge is 2.34. The molecular weight excluding hydrogens is 384 g/mol. The highest BCUT2D eigenvalue weighted by atomic mass is 32.2. The first-order chi connectivity index (χ1) is 13.4. The van der Waals surface area contributed by atoms with Crippen LogP contribution in [0.25, 0.3) is 0 Å². The number of aromatic nitrogens is 4. The number of carbonyl (C=O) groups excluding carboxylic acids is 1. The van der Waals surface area contributed by atoms with Crippen molar-refractivity contribution < 1.29 is 17.9 Å². The lowest BCUT2D eigenvalue weighted by Crippen LogP contribution is -2.37. The predicted octanol–water partition coefficient (Wildman–Crippen LogP) is 1.98. The molecule has 2 aromatic heterocycles. The van der Waals surface area contributed by atoms with Crippen molar-refractivity contribution in [1.82, 2.24) is 19.7 Å². The molecule has 1 N–H and O–H groups in total. The van der Waals surface area contributed by atoms with Crippen LogP contribution in [-0.2, 0) is 9.84 Å². The topological polar surface area (TPSA) is 128 Å². The van der Waals surface area contributed by atoms with E-state index < -0.39 is 21.0 Å². The minimum atomic E-state index is -3.62. The van der Waals surface area contributed by atoms with E-state index in [4.69, 9.17) is 4.74 Å². The molecule has 10 nitrogen and oxygen atoms in total. The molecule has 1 atom stereocenters. The van der Waals surface area contributed by atoms with Gasteiger partial charge < -0.3 is 10.1 Å². The van der Waals surface area contributed by atoms with Crippen LogP contribution in [0.4, 0.5) is 17.6 Å². The first-order valence-electron chi connectivity index (χ1n) is 8.09. The van der Waals surface area contributed by atoms with E-state index >= 15 is 0 Å². The summed E-state index contributed by atoms with van der Waals surface area (Å²) >= 11 is 0. The summed E-state index contributed by atoms with van der Waals surface area (Å²) in [6.07, 6.45) is 5.31. The number of pyridine rings is 1. The summed E-state index contributed by atoms with van der Waals surface area (Å²) < 4.78 is 29.9. The number of benzene rings is 1. The number of aliphatic imine (C=N–C) groups is 1. The summed E-state index contributed by atoms with van der Waals surface area (Å²) in [5.74, 6) is 0.720. The fraction of sp³-hybridized carbons (Fsp3) is 0.118. The van der Waals surface area contributed by atoms with E-state index in [1.807, 2.05) is 0 Å². The Balaban J connectivity index is 1.49. The Morgan fingerprint density at radius 3 is 2.43 bits per heavy atom. The van der Waals surface area contributed by atoms with Gasteiger partial charge in [-0.3, -0.25) is 9.78 Å². The van der Waals surface area contributed by atoms with Gasteiger partial charge in [0.15, 0.2) is 15.1 Å². The van der Waals surface area contributed by atoms with Crippen LogP contribution in [0, 0.1) is 0 Å². The van der Waals surface area contributed by atoms with Gasteiger partial charge in [0.05, 0.1) is 0 Å². The lowest BCUT2D eigenvalue weighted by atomic mass is 10.3. The van der Waals surface area contributed by atoms with Crippen molar-refractivity contribution >= 4 is 39.5 Å². The van der Waals surface area contributed by atoms with Gasteiger partial charge in [-0.15, -0.1) is 5.10 Å². The lowest BCUT2D eigenvalue weighted by Gasteiger charge is -2.12. The average Bonchev–Trinajstić information content (AvgIpc) is 3.07. The molecule has 1 aromatic carbocycles. The van der Waals surface area contributed by atoms with Crippen LogP contribution < -0.4 is 10.1 Å². The third-order valence-electron chi connectivity index (χ3n) is 3.82. The molecule has 3 aromatic rings. The Morgan fingerprint density at radius 1 is 1.07 bits per heavy atom. The first-order valence-corrected chi connectivity index (χ1v) is 10.0. The number of ether oxygens (including phenoxy) is 1. The predicted molar refractivity (Wildman–Crippen MR) is 101 cm³/mol. The molecule has 0 aliphatic carbocycles. The van der Waals surface area contributed by atoms with Gasteiger partial charge in [0.25, 0.3) is 11.9 Å². The Morgan fingerprint density at radius 2 is 1.75 bits per heavy atom. The number of hydrogen-bond donors (Lipinski definition) is 1. The molecule has 28 heavy (non-hydrogen) atoms. The maximum absolute atomic E-state index is 12.3. The summed E-state index contributed by atoms with van der Waals surface area (Å²) in [5, 5.41) is 5.59. The molecule has 1 aliphatic rings. The molecule has 0 saturated carbocycles. The van der Waals surface area contributed by atoms with Crippen LogP contribution in [0.5, 0.6) is 11.5 Å². The SMILES string of the molecule is CS(=O)(=O)C1C=Nc2nc(Nc3ccc(Oc4ccncc4)cc3)nn2C1=O. The van der Waals surface area contributed by atoms with Crippen molar-refractivity contribution in [2.75, 3.05) is 11.6 Å². The highest BCUT2D eigenvalue weighted by Crippen LogP contribution is 2.25. The van der Waals surface area contributed by atoms with Gasteiger partial charge in [0.1, 0.15) is 11.5 Å². The summed E-state index contributed by atoms with van der Waals surface area (Å²) in [5.41, 5.74) is 0.654.